The van der Waals surface area contributed by atoms with Gasteiger partial charge >= 0.3 is 0 Å². The van der Waals surface area contributed by atoms with Crippen LogP contribution in [0.25, 0.3) is 0 Å². The summed E-state index contributed by atoms with van der Waals surface area (Å²) in [6, 6.07) is 9.80. The Hall–Kier alpha value is -2.70. The number of pyridine rings is 1. The van der Waals surface area contributed by atoms with Crippen molar-refractivity contribution in [2.24, 2.45) is 0 Å². The molecule has 8 heteroatoms. The van der Waals surface area contributed by atoms with E-state index in [1.807, 2.05) is 0 Å². The Balaban J connectivity index is 1.72. The van der Waals surface area contributed by atoms with Crippen molar-refractivity contribution in [2.45, 2.75) is 12.8 Å². The van der Waals surface area contributed by atoms with Gasteiger partial charge in [-0.15, -0.1) is 0 Å². The average molecular weight is 435 g/mol. The molecule has 148 valence electrons. The summed E-state index contributed by atoms with van der Waals surface area (Å²) in [5.41, 5.74) is 0.657. The molecule has 3 aromatic rings. The second kappa shape index (κ2) is 7.97. The van der Waals surface area contributed by atoms with Crippen LogP contribution in [0.2, 0.25) is 10.0 Å². The number of aryl methyl sites for hydroxylation is 1. The van der Waals surface area contributed by atoms with E-state index < -0.39 is 17.5 Å². The van der Waals surface area contributed by atoms with Crippen LogP contribution in [-0.4, -0.2) is 17.4 Å². The molecule has 0 fully saturated rings. The van der Waals surface area contributed by atoms with Crippen LogP contribution in [0.3, 0.4) is 0 Å². The fourth-order valence-corrected chi connectivity index (χ4v) is 3.61. The summed E-state index contributed by atoms with van der Waals surface area (Å²) in [6.45, 7) is 0.292. The van der Waals surface area contributed by atoms with Crippen LogP contribution in [0.4, 0.5) is 14.5 Å². The molecule has 0 spiro atoms. The Morgan fingerprint density at radius 2 is 1.97 bits per heavy atom. The van der Waals surface area contributed by atoms with Gasteiger partial charge in [-0.25, -0.2) is 13.8 Å². The molecule has 0 unspecified atom stereocenters. The highest BCUT2D eigenvalue weighted by Gasteiger charge is 2.29. The summed E-state index contributed by atoms with van der Waals surface area (Å²) in [4.78, 5) is 18.7. The average Bonchev–Trinajstić information content (AvgIpc) is 2.70. The van der Waals surface area contributed by atoms with Gasteiger partial charge in [0.15, 0.2) is 0 Å². The van der Waals surface area contributed by atoms with E-state index in [0.29, 0.717) is 35.0 Å². The van der Waals surface area contributed by atoms with E-state index >= 15 is 0 Å². The van der Waals surface area contributed by atoms with Gasteiger partial charge in [0.05, 0.1) is 10.7 Å². The summed E-state index contributed by atoms with van der Waals surface area (Å²) in [6.07, 6.45) is 2.53. The second-order valence-corrected chi connectivity index (χ2v) is 7.33. The number of rotatable bonds is 3. The largest absolute Gasteiger partial charge is 0.437 e. The van der Waals surface area contributed by atoms with E-state index in [0.717, 1.165) is 6.07 Å². The first-order valence-electron chi connectivity index (χ1n) is 8.82. The lowest BCUT2D eigenvalue weighted by Crippen LogP contribution is -2.36. The lowest BCUT2D eigenvalue weighted by Gasteiger charge is -2.30. The molecule has 0 aliphatic carbocycles. The van der Waals surface area contributed by atoms with Gasteiger partial charge < -0.3 is 9.64 Å². The van der Waals surface area contributed by atoms with Crippen molar-refractivity contribution < 1.29 is 18.3 Å². The van der Waals surface area contributed by atoms with Crippen molar-refractivity contribution in [3.05, 3.63) is 81.5 Å². The molecule has 2 aromatic carbocycles. The first kappa shape index (κ1) is 19.6. The third-order valence-corrected chi connectivity index (χ3v) is 5.10. The minimum absolute atomic E-state index is 0.0105. The first-order chi connectivity index (χ1) is 13.9. The Morgan fingerprint density at radius 3 is 2.79 bits per heavy atom. The number of ether oxygens (including phenoxy) is 1. The number of carbonyl (C=O) groups is 1. The molecule has 2 heterocycles. The topological polar surface area (TPSA) is 42.4 Å². The second-order valence-electron chi connectivity index (χ2n) is 6.49. The molecule has 0 saturated heterocycles. The Bertz CT molecular complexity index is 1110. The zero-order chi connectivity index (χ0) is 20.5. The number of benzene rings is 2. The molecule has 1 aromatic heterocycles. The van der Waals surface area contributed by atoms with E-state index in [-0.39, 0.29) is 22.9 Å². The highest BCUT2D eigenvalue weighted by Crippen LogP contribution is 2.35. The summed E-state index contributed by atoms with van der Waals surface area (Å²) in [7, 11) is 0. The van der Waals surface area contributed by atoms with Crippen LogP contribution in [0.1, 0.15) is 22.3 Å². The molecular formula is C21H14Cl2F2N2O2. The number of hydrogen-bond acceptors (Lipinski definition) is 3. The van der Waals surface area contributed by atoms with Gasteiger partial charge in [-0.2, -0.15) is 0 Å². The van der Waals surface area contributed by atoms with E-state index in [4.69, 9.17) is 27.9 Å². The molecule has 4 nitrogen and oxygen atoms in total. The Kier molecular flexibility index (Phi) is 5.39. The molecule has 0 saturated carbocycles. The summed E-state index contributed by atoms with van der Waals surface area (Å²) in [5.74, 6) is -1.71. The third-order valence-electron chi connectivity index (χ3n) is 4.55. The van der Waals surface area contributed by atoms with Crippen molar-refractivity contribution in [1.82, 2.24) is 4.98 Å². The van der Waals surface area contributed by atoms with Crippen LogP contribution in [0, 0.1) is 11.6 Å². The third kappa shape index (κ3) is 3.91. The standard InChI is InChI=1S/C21H14Cl2F2N2O2/c22-13-5-6-16(23)18(10-13)29-20-15(4-1-7-26-20)21(28)27-8-2-3-12-9-14(24)11-17(25)19(12)27/h1,4-7,9-11H,2-3,8H2. The Labute approximate surface area is 175 Å². The number of nitrogens with zero attached hydrogens (tertiary/aromatic N) is 2. The normalized spacial score (nSPS) is 13.2. The minimum atomic E-state index is -0.780. The number of anilines is 1. The van der Waals surface area contributed by atoms with E-state index in [1.165, 1.54) is 29.3 Å². The number of fused-ring (bicyclic) bond motifs is 1. The molecule has 4 rings (SSSR count). The molecule has 0 atom stereocenters. The fourth-order valence-electron chi connectivity index (χ4n) is 3.29. The Morgan fingerprint density at radius 1 is 1.14 bits per heavy atom. The van der Waals surface area contributed by atoms with Crippen LogP contribution in [0.5, 0.6) is 11.6 Å². The van der Waals surface area contributed by atoms with Crippen LogP contribution < -0.4 is 9.64 Å². The van der Waals surface area contributed by atoms with Crippen molar-refractivity contribution in [3.63, 3.8) is 0 Å². The highest BCUT2D eigenvalue weighted by atomic mass is 35.5. The predicted octanol–water partition coefficient (Wildman–Crippen LogP) is 6.05. The minimum Gasteiger partial charge on any atom is -0.437 e. The molecule has 0 N–H and O–H groups in total. The monoisotopic (exact) mass is 434 g/mol. The molecule has 1 amide bonds. The van der Waals surface area contributed by atoms with E-state index in [1.54, 1.807) is 18.2 Å². The van der Waals surface area contributed by atoms with Crippen LogP contribution in [0.15, 0.2) is 48.7 Å². The maximum atomic E-state index is 14.5. The quantitative estimate of drug-likeness (QED) is 0.503. The van der Waals surface area contributed by atoms with Gasteiger partial charge in [-0.05, 0) is 48.7 Å². The molecule has 0 bridgehead atoms. The van der Waals surface area contributed by atoms with Crippen molar-refractivity contribution in [1.29, 1.82) is 0 Å². The SMILES string of the molecule is O=C(c1cccnc1Oc1cc(Cl)ccc1Cl)N1CCCc2cc(F)cc(F)c21. The van der Waals surface area contributed by atoms with Gasteiger partial charge in [0, 0.05) is 29.9 Å². The summed E-state index contributed by atoms with van der Waals surface area (Å²) in [5, 5.41) is 0.700. The molecular weight excluding hydrogens is 421 g/mol. The zero-order valence-electron chi connectivity index (χ0n) is 15.0. The molecule has 1 aliphatic rings. The summed E-state index contributed by atoms with van der Waals surface area (Å²) < 4.78 is 33.8. The number of amides is 1. The highest BCUT2D eigenvalue weighted by molar-refractivity contribution is 6.34. The fraction of sp³-hybridized carbons (Fsp3) is 0.143. The number of carbonyl (C=O) groups excluding carboxylic acids is 1. The first-order valence-corrected chi connectivity index (χ1v) is 9.57. The van der Waals surface area contributed by atoms with E-state index in [9.17, 15) is 13.6 Å². The molecule has 0 radical (unpaired) electrons. The van der Waals surface area contributed by atoms with Gasteiger partial charge in [0.2, 0.25) is 5.88 Å². The van der Waals surface area contributed by atoms with Gasteiger partial charge in [0.1, 0.15) is 22.9 Å². The van der Waals surface area contributed by atoms with Crippen LogP contribution >= 0.6 is 23.2 Å². The maximum absolute atomic E-state index is 14.5. The maximum Gasteiger partial charge on any atom is 0.263 e. The van der Waals surface area contributed by atoms with Crippen LogP contribution in [-0.2, 0) is 6.42 Å². The lowest BCUT2D eigenvalue weighted by atomic mass is 10.00. The van der Waals surface area contributed by atoms with Crippen molar-refractivity contribution in [2.75, 3.05) is 11.4 Å². The van der Waals surface area contributed by atoms with Gasteiger partial charge in [-0.3, -0.25) is 4.79 Å². The lowest BCUT2D eigenvalue weighted by molar-refractivity contribution is 0.0981. The van der Waals surface area contributed by atoms with Crippen molar-refractivity contribution in [3.8, 4) is 11.6 Å². The number of aromatic nitrogens is 1. The number of halogens is 4. The molecule has 1 aliphatic heterocycles. The van der Waals surface area contributed by atoms with E-state index in [2.05, 4.69) is 4.98 Å². The predicted molar refractivity (Wildman–Crippen MR) is 107 cm³/mol. The summed E-state index contributed by atoms with van der Waals surface area (Å²) >= 11 is 12.1. The smallest absolute Gasteiger partial charge is 0.263 e. The van der Waals surface area contributed by atoms with Crippen molar-refractivity contribution >= 4 is 34.8 Å². The number of hydrogen-bond donors (Lipinski definition) is 0. The van der Waals surface area contributed by atoms with Gasteiger partial charge in [-0.1, -0.05) is 23.2 Å². The molecule has 29 heavy (non-hydrogen) atoms. The van der Waals surface area contributed by atoms with Gasteiger partial charge in [0.25, 0.3) is 5.91 Å². The zero-order valence-corrected chi connectivity index (χ0v) is 16.5.